The van der Waals surface area contributed by atoms with Crippen LogP contribution in [0.5, 0.6) is 0 Å². The number of rotatable bonds is 4. The van der Waals surface area contributed by atoms with Gasteiger partial charge in [-0.2, -0.15) is 0 Å². The molecule has 2 aromatic rings. The predicted molar refractivity (Wildman–Crippen MR) is 89.9 cm³/mol. The zero-order chi connectivity index (χ0) is 14.7. The molecule has 106 valence electrons. The maximum atomic E-state index is 6.46. The Kier molecular flexibility index (Phi) is 5.00. The molecule has 0 heterocycles. The van der Waals surface area contributed by atoms with Crippen LogP contribution in [-0.2, 0) is 6.42 Å². The van der Waals surface area contributed by atoms with Gasteiger partial charge >= 0.3 is 0 Å². The smallest absolute Gasteiger partial charge is 0.0563 e. The SMILES string of the molecule is Cc1ccc(Br)c(C(N)c2cccc(CC(C)C)c2)c1. The Balaban J connectivity index is 2.33. The van der Waals surface area contributed by atoms with Crippen LogP contribution in [0.25, 0.3) is 0 Å². The van der Waals surface area contributed by atoms with E-state index in [2.05, 4.69) is 79.2 Å². The van der Waals surface area contributed by atoms with Crippen molar-refractivity contribution in [1.29, 1.82) is 0 Å². The fourth-order valence-electron chi connectivity index (χ4n) is 2.47. The minimum absolute atomic E-state index is 0.0867. The van der Waals surface area contributed by atoms with Gasteiger partial charge in [-0.15, -0.1) is 0 Å². The van der Waals surface area contributed by atoms with E-state index in [-0.39, 0.29) is 6.04 Å². The lowest BCUT2D eigenvalue weighted by molar-refractivity contribution is 0.646. The Bertz CT molecular complexity index is 590. The van der Waals surface area contributed by atoms with Gasteiger partial charge in [-0.3, -0.25) is 0 Å². The fourth-order valence-corrected chi connectivity index (χ4v) is 2.96. The van der Waals surface area contributed by atoms with Gasteiger partial charge in [-0.25, -0.2) is 0 Å². The van der Waals surface area contributed by atoms with Gasteiger partial charge in [0.25, 0.3) is 0 Å². The lowest BCUT2D eigenvalue weighted by Gasteiger charge is -2.16. The van der Waals surface area contributed by atoms with Gasteiger partial charge < -0.3 is 5.73 Å². The van der Waals surface area contributed by atoms with Crippen molar-refractivity contribution in [3.05, 3.63) is 69.2 Å². The Morgan fingerprint density at radius 2 is 1.85 bits per heavy atom. The van der Waals surface area contributed by atoms with Crippen LogP contribution >= 0.6 is 15.9 Å². The van der Waals surface area contributed by atoms with Gasteiger partial charge in [0.15, 0.2) is 0 Å². The summed E-state index contributed by atoms with van der Waals surface area (Å²) in [5.74, 6) is 0.659. The number of aryl methyl sites for hydroxylation is 1. The van der Waals surface area contributed by atoms with E-state index in [4.69, 9.17) is 5.73 Å². The van der Waals surface area contributed by atoms with Crippen molar-refractivity contribution in [2.45, 2.75) is 33.2 Å². The highest BCUT2D eigenvalue weighted by Crippen LogP contribution is 2.28. The van der Waals surface area contributed by atoms with E-state index in [1.165, 1.54) is 16.7 Å². The molecule has 2 aromatic carbocycles. The lowest BCUT2D eigenvalue weighted by atomic mass is 9.94. The molecule has 0 aliphatic rings. The summed E-state index contributed by atoms with van der Waals surface area (Å²) in [4.78, 5) is 0. The quantitative estimate of drug-likeness (QED) is 0.837. The molecule has 1 nitrogen and oxygen atoms in total. The summed E-state index contributed by atoms with van der Waals surface area (Å²) in [5, 5.41) is 0. The van der Waals surface area contributed by atoms with Crippen LogP contribution in [0.15, 0.2) is 46.9 Å². The van der Waals surface area contributed by atoms with Crippen LogP contribution < -0.4 is 5.73 Å². The van der Waals surface area contributed by atoms with Gasteiger partial charge in [0.05, 0.1) is 6.04 Å². The molecule has 1 unspecified atom stereocenters. The molecular formula is C18H22BrN. The molecule has 1 atom stereocenters. The summed E-state index contributed by atoms with van der Waals surface area (Å²) in [6.07, 6.45) is 1.09. The van der Waals surface area contributed by atoms with Crippen LogP contribution in [0.4, 0.5) is 0 Å². The maximum absolute atomic E-state index is 6.46. The molecular weight excluding hydrogens is 310 g/mol. The zero-order valence-electron chi connectivity index (χ0n) is 12.4. The van der Waals surface area contributed by atoms with Crippen molar-refractivity contribution in [3.8, 4) is 0 Å². The third-order valence-corrected chi connectivity index (χ3v) is 4.16. The molecule has 0 bridgehead atoms. The van der Waals surface area contributed by atoms with Crippen molar-refractivity contribution in [3.63, 3.8) is 0 Å². The molecule has 0 saturated carbocycles. The van der Waals surface area contributed by atoms with Gasteiger partial charge in [0.1, 0.15) is 0 Å². The monoisotopic (exact) mass is 331 g/mol. The van der Waals surface area contributed by atoms with E-state index in [0.717, 1.165) is 16.5 Å². The first kappa shape index (κ1) is 15.3. The topological polar surface area (TPSA) is 26.0 Å². The standard InChI is InChI=1S/C18H22BrN/c1-12(2)9-14-5-4-6-15(11-14)18(20)16-10-13(3)7-8-17(16)19/h4-8,10-12,18H,9,20H2,1-3H3. The summed E-state index contributed by atoms with van der Waals surface area (Å²) < 4.78 is 1.07. The molecule has 0 spiro atoms. The van der Waals surface area contributed by atoms with Crippen LogP contribution in [-0.4, -0.2) is 0 Å². The number of halogens is 1. The Morgan fingerprint density at radius 1 is 1.10 bits per heavy atom. The molecule has 0 radical (unpaired) electrons. The van der Waals surface area contributed by atoms with E-state index in [1.807, 2.05) is 0 Å². The summed E-state index contributed by atoms with van der Waals surface area (Å²) in [6.45, 7) is 6.57. The van der Waals surface area contributed by atoms with Crippen LogP contribution in [0, 0.1) is 12.8 Å². The Hall–Kier alpha value is -1.12. The molecule has 0 fully saturated rings. The predicted octanol–water partition coefficient (Wildman–Crippen LogP) is 5.00. The third-order valence-electron chi connectivity index (χ3n) is 3.44. The number of hydrogen-bond donors (Lipinski definition) is 1. The van der Waals surface area contributed by atoms with Crippen LogP contribution in [0.3, 0.4) is 0 Å². The van der Waals surface area contributed by atoms with Gasteiger partial charge in [0, 0.05) is 4.47 Å². The second kappa shape index (κ2) is 6.55. The van der Waals surface area contributed by atoms with Crippen molar-refractivity contribution < 1.29 is 0 Å². The van der Waals surface area contributed by atoms with Gasteiger partial charge in [-0.05, 0) is 42.0 Å². The maximum Gasteiger partial charge on any atom is 0.0563 e. The van der Waals surface area contributed by atoms with E-state index < -0.39 is 0 Å². The van der Waals surface area contributed by atoms with Gasteiger partial charge in [-0.1, -0.05) is 71.7 Å². The largest absolute Gasteiger partial charge is 0.320 e. The van der Waals surface area contributed by atoms with Crippen molar-refractivity contribution in [2.24, 2.45) is 11.7 Å². The summed E-state index contributed by atoms with van der Waals surface area (Å²) >= 11 is 3.61. The molecule has 2 rings (SSSR count). The number of nitrogens with two attached hydrogens (primary N) is 1. The normalized spacial score (nSPS) is 12.7. The first-order chi connectivity index (χ1) is 9.47. The van der Waals surface area contributed by atoms with E-state index in [0.29, 0.717) is 5.92 Å². The second-order valence-corrected chi connectivity index (χ2v) is 6.70. The molecule has 2 heteroatoms. The van der Waals surface area contributed by atoms with Crippen LogP contribution in [0.2, 0.25) is 0 Å². The number of hydrogen-bond acceptors (Lipinski definition) is 1. The highest BCUT2D eigenvalue weighted by Gasteiger charge is 2.13. The van der Waals surface area contributed by atoms with E-state index in [1.54, 1.807) is 0 Å². The first-order valence-electron chi connectivity index (χ1n) is 7.08. The van der Waals surface area contributed by atoms with Crippen molar-refractivity contribution >= 4 is 15.9 Å². The second-order valence-electron chi connectivity index (χ2n) is 5.85. The highest BCUT2D eigenvalue weighted by molar-refractivity contribution is 9.10. The molecule has 0 amide bonds. The Morgan fingerprint density at radius 3 is 2.55 bits per heavy atom. The molecule has 0 aromatic heterocycles. The average molecular weight is 332 g/mol. The first-order valence-corrected chi connectivity index (χ1v) is 7.87. The zero-order valence-corrected chi connectivity index (χ0v) is 13.9. The third kappa shape index (κ3) is 3.71. The molecule has 0 aliphatic heterocycles. The summed E-state index contributed by atoms with van der Waals surface area (Å²) in [5.41, 5.74) is 11.4. The molecule has 20 heavy (non-hydrogen) atoms. The highest BCUT2D eigenvalue weighted by atomic mass is 79.9. The minimum atomic E-state index is -0.0867. The van der Waals surface area contributed by atoms with E-state index >= 15 is 0 Å². The van der Waals surface area contributed by atoms with Crippen LogP contribution in [0.1, 0.15) is 42.1 Å². The lowest BCUT2D eigenvalue weighted by Crippen LogP contribution is -2.13. The molecule has 0 saturated heterocycles. The van der Waals surface area contributed by atoms with Crippen molar-refractivity contribution in [1.82, 2.24) is 0 Å². The summed E-state index contributed by atoms with van der Waals surface area (Å²) in [7, 11) is 0. The molecule has 2 N–H and O–H groups in total. The number of benzene rings is 2. The Labute approximate surface area is 130 Å². The van der Waals surface area contributed by atoms with Crippen molar-refractivity contribution in [2.75, 3.05) is 0 Å². The van der Waals surface area contributed by atoms with E-state index in [9.17, 15) is 0 Å². The minimum Gasteiger partial charge on any atom is -0.320 e. The van der Waals surface area contributed by atoms with Gasteiger partial charge in [0.2, 0.25) is 0 Å². The average Bonchev–Trinajstić information content (AvgIpc) is 2.40. The molecule has 0 aliphatic carbocycles. The summed E-state index contributed by atoms with van der Waals surface area (Å²) in [6, 6.07) is 14.9. The fraction of sp³-hybridized carbons (Fsp3) is 0.333.